The van der Waals surface area contributed by atoms with Crippen LogP contribution in [0.25, 0.3) is 10.9 Å². The number of hydrogen-bond acceptors (Lipinski definition) is 3. The molecule has 0 fully saturated rings. The highest BCUT2D eigenvalue weighted by atomic mass is 16.2. The average Bonchev–Trinajstić information content (AvgIpc) is 3.24. The maximum absolute atomic E-state index is 13.5. The molecule has 0 spiro atoms. The van der Waals surface area contributed by atoms with E-state index in [9.17, 15) is 9.59 Å². The zero-order valence-electron chi connectivity index (χ0n) is 18.9. The second-order valence-corrected chi connectivity index (χ2v) is 8.18. The van der Waals surface area contributed by atoms with E-state index in [1.54, 1.807) is 24.4 Å². The quantitative estimate of drug-likeness (QED) is 0.449. The summed E-state index contributed by atoms with van der Waals surface area (Å²) in [5.41, 5.74) is 3.25. The molecule has 1 atom stereocenters. The van der Waals surface area contributed by atoms with Crippen molar-refractivity contribution >= 4 is 22.7 Å². The number of rotatable bonds is 8. The Kier molecular flexibility index (Phi) is 6.83. The molecule has 0 bridgehead atoms. The third-order valence-corrected chi connectivity index (χ3v) is 6.00. The van der Waals surface area contributed by atoms with Gasteiger partial charge in [-0.1, -0.05) is 42.5 Å². The topological polar surface area (TPSA) is 67.2 Å². The Hall–Kier alpha value is -3.93. The predicted molar refractivity (Wildman–Crippen MR) is 130 cm³/mol. The van der Waals surface area contributed by atoms with E-state index in [-0.39, 0.29) is 17.9 Å². The van der Waals surface area contributed by atoms with Crippen molar-refractivity contribution in [1.82, 2.24) is 19.8 Å². The summed E-state index contributed by atoms with van der Waals surface area (Å²) in [7, 11) is 3.82. The Bertz CT molecular complexity index is 1230. The van der Waals surface area contributed by atoms with Gasteiger partial charge in [0, 0.05) is 55.5 Å². The van der Waals surface area contributed by atoms with Crippen LogP contribution in [0.1, 0.15) is 32.8 Å². The van der Waals surface area contributed by atoms with E-state index in [1.807, 2.05) is 72.2 Å². The fourth-order valence-electron chi connectivity index (χ4n) is 4.10. The van der Waals surface area contributed by atoms with Crippen LogP contribution in [0.5, 0.6) is 0 Å². The predicted octanol–water partition coefficient (Wildman–Crippen LogP) is 4.08. The van der Waals surface area contributed by atoms with Crippen LogP contribution in [0, 0.1) is 0 Å². The molecule has 0 unspecified atom stereocenters. The van der Waals surface area contributed by atoms with Crippen molar-refractivity contribution in [3.8, 4) is 0 Å². The molecule has 0 saturated carbocycles. The lowest BCUT2D eigenvalue weighted by atomic mass is 10.0. The standard InChI is InChI=1S/C27H28N4O2/c1-30-18-15-22-23(11-8-13-25(22)30)27(33)31(2)21(19-20-9-4-3-5-10-20)14-17-29-26(32)24-12-6-7-16-28-24/h3-13,15-16,18,21H,14,17,19H2,1-2H3,(H,29,32)/t21-/m1/s1. The summed E-state index contributed by atoms with van der Waals surface area (Å²) >= 11 is 0. The van der Waals surface area contributed by atoms with E-state index >= 15 is 0 Å². The van der Waals surface area contributed by atoms with Crippen LogP contribution in [0.3, 0.4) is 0 Å². The molecule has 2 amide bonds. The highest BCUT2D eigenvalue weighted by Crippen LogP contribution is 2.22. The number of likely N-dealkylation sites (N-methyl/N-ethyl adjacent to an activating group) is 1. The lowest BCUT2D eigenvalue weighted by Crippen LogP contribution is -2.41. The summed E-state index contributed by atoms with van der Waals surface area (Å²) in [5.74, 6) is -0.235. The van der Waals surface area contributed by atoms with Crippen LogP contribution in [0.4, 0.5) is 0 Å². The first-order chi connectivity index (χ1) is 16.0. The monoisotopic (exact) mass is 440 g/mol. The zero-order chi connectivity index (χ0) is 23.2. The number of hydrogen-bond donors (Lipinski definition) is 1. The molecule has 1 N–H and O–H groups in total. The second kappa shape index (κ2) is 10.1. The fraction of sp³-hybridized carbons (Fsp3) is 0.222. The van der Waals surface area contributed by atoms with Crippen molar-refractivity contribution < 1.29 is 9.59 Å². The summed E-state index contributed by atoms with van der Waals surface area (Å²) in [6.45, 7) is 0.445. The number of carbonyl (C=O) groups excluding carboxylic acids is 2. The minimum absolute atomic E-state index is 0.0243. The van der Waals surface area contributed by atoms with Crippen LogP contribution < -0.4 is 5.32 Å². The van der Waals surface area contributed by atoms with Gasteiger partial charge in [-0.2, -0.15) is 0 Å². The van der Waals surface area contributed by atoms with Crippen LogP contribution >= 0.6 is 0 Å². The van der Waals surface area contributed by atoms with Crippen LogP contribution in [-0.2, 0) is 13.5 Å². The molecule has 6 nitrogen and oxygen atoms in total. The number of pyridine rings is 1. The lowest BCUT2D eigenvalue weighted by Gasteiger charge is -2.29. The zero-order valence-corrected chi connectivity index (χ0v) is 18.9. The summed E-state index contributed by atoms with van der Waals surface area (Å²) in [6, 6.07) is 23.1. The number of aromatic nitrogens is 2. The molecule has 168 valence electrons. The first-order valence-corrected chi connectivity index (χ1v) is 11.1. The van der Waals surface area contributed by atoms with E-state index in [4.69, 9.17) is 0 Å². The molecule has 2 aromatic heterocycles. The van der Waals surface area contributed by atoms with Gasteiger partial charge in [0.15, 0.2) is 0 Å². The molecule has 6 heteroatoms. The van der Waals surface area contributed by atoms with Crippen molar-refractivity contribution in [1.29, 1.82) is 0 Å². The largest absolute Gasteiger partial charge is 0.351 e. The van der Waals surface area contributed by atoms with Crippen LogP contribution in [-0.4, -0.2) is 45.9 Å². The molecule has 0 aliphatic heterocycles. The van der Waals surface area contributed by atoms with Gasteiger partial charge in [-0.05, 0) is 48.7 Å². The molecule has 0 saturated heterocycles. The second-order valence-electron chi connectivity index (χ2n) is 8.18. The molecule has 33 heavy (non-hydrogen) atoms. The minimum atomic E-state index is -0.211. The number of benzene rings is 2. The molecule has 2 aromatic carbocycles. The average molecular weight is 441 g/mol. The number of aryl methyl sites for hydroxylation is 1. The van der Waals surface area contributed by atoms with Gasteiger partial charge in [0.25, 0.3) is 11.8 Å². The van der Waals surface area contributed by atoms with Gasteiger partial charge in [0.2, 0.25) is 0 Å². The van der Waals surface area contributed by atoms with Crippen molar-refractivity contribution in [3.05, 3.63) is 102 Å². The highest BCUT2D eigenvalue weighted by molar-refractivity contribution is 6.06. The van der Waals surface area contributed by atoms with Crippen molar-refractivity contribution in [3.63, 3.8) is 0 Å². The number of carbonyl (C=O) groups is 2. The molecular formula is C27H28N4O2. The van der Waals surface area contributed by atoms with Gasteiger partial charge in [0.1, 0.15) is 5.69 Å². The van der Waals surface area contributed by atoms with Gasteiger partial charge in [0.05, 0.1) is 0 Å². The van der Waals surface area contributed by atoms with E-state index in [0.29, 0.717) is 30.6 Å². The molecule has 2 heterocycles. The Balaban J connectivity index is 1.51. The van der Waals surface area contributed by atoms with E-state index < -0.39 is 0 Å². The SMILES string of the molecule is CN(C(=O)c1cccc2c1ccn2C)[C@H](CCNC(=O)c1ccccn1)Cc1ccccc1. The molecule has 4 aromatic rings. The van der Waals surface area contributed by atoms with Gasteiger partial charge in [-0.25, -0.2) is 0 Å². The smallest absolute Gasteiger partial charge is 0.269 e. The van der Waals surface area contributed by atoms with E-state index in [2.05, 4.69) is 22.4 Å². The molecule has 0 aliphatic carbocycles. The first-order valence-electron chi connectivity index (χ1n) is 11.1. The third kappa shape index (κ3) is 5.12. The normalized spacial score (nSPS) is 11.8. The van der Waals surface area contributed by atoms with Crippen molar-refractivity contribution in [2.45, 2.75) is 18.9 Å². The number of nitrogens with one attached hydrogen (secondary N) is 1. The van der Waals surface area contributed by atoms with Crippen LogP contribution in [0.2, 0.25) is 0 Å². The summed E-state index contributed by atoms with van der Waals surface area (Å²) in [5, 5.41) is 3.88. The number of nitrogens with zero attached hydrogens (tertiary/aromatic N) is 3. The Morgan fingerprint density at radius 3 is 2.55 bits per heavy atom. The van der Waals surface area contributed by atoms with Crippen molar-refractivity contribution in [2.24, 2.45) is 7.05 Å². The van der Waals surface area contributed by atoms with Crippen LogP contribution in [0.15, 0.2) is 85.2 Å². The number of fused-ring (bicyclic) bond motifs is 1. The van der Waals surface area contributed by atoms with Gasteiger partial charge >= 0.3 is 0 Å². The molecule has 4 rings (SSSR count). The molecular weight excluding hydrogens is 412 g/mol. The highest BCUT2D eigenvalue weighted by Gasteiger charge is 2.23. The van der Waals surface area contributed by atoms with Gasteiger partial charge in [-0.15, -0.1) is 0 Å². The maximum atomic E-state index is 13.5. The lowest BCUT2D eigenvalue weighted by molar-refractivity contribution is 0.0725. The molecule has 0 aliphatic rings. The van der Waals surface area contributed by atoms with Crippen molar-refractivity contribution in [2.75, 3.05) is 13.6 Å². The summed E-state index contributed by atoms with van der Waals surface area (Å²) in [4.78, 5) is 31.8. The fourth-order valence-corrected chi connectivity index (χ4v) is 4.10. The first kappa shape index (κ1) is 22.3. The number of amides is 2. The Morgan fingerprint density at radius 2 is 1.79 bits per heavy atom. The summed E-state index contributed by atoms with van der Waals surface area (Å²) < 4.78 is 2.01. The summed E-state index contributed by atoms with van der Waals surface area (Å²) in [6.07, 6.45) is 4.90. The van der Waals surface area contributed by atoms with Gasteiger partial charge < -0.3 is 14.8 Å². The third-order valence-electron chi connectivity index (χ3n) is 6.00. The Labute approximate surface area is 193 Å². The Morgan fingerprint density at radius 1 is 1.00 bits per heavy atom. The van der Waals surface area contributed by atoms with E-state index in [1.165, 1.54) is 0 Å². The van der Waals surface area contributed by atoms with Gasteiger partial charge in [-0.3, -0.25) is 14.6 Å². The van der Waals surface area contributed by atoms with E-state index in [0.717, 1.165) is 16.5 Å². The minimum Gasteiger partial charge on any atom is -0.351 e. The molecule has 0 radical (unpaired) electrons. The maximum Gasteiger partial charge on any atom is 0.269 e.